The summed E-state index contributed by atoms with van der Waals surface area (Å²) in [5.41, 5.74) is -0.217. The van der Waals surface area contributed by atoms with Crippen molar-refractivity contribution in [1.29, 1.82) is 0 Å². The fraction of sp³-hybridized carbons (Fsp3) is 0. The lowest BCUT2D eigenvalue weighted by molar-refractivity contribution is 0.0649. The first-order valence-corrected chi connectivity index (χ1v) is 4.72. The first-order chi connectivity index (χ1) is 8.49. The lowest BCUT2D eigenvalue weighted by Gasteiger charge is -2.01. The molecular formula is C11H6FNO5. The largest absolute Gasteiger partial charge is 0.478 e. The number of benzene rings is 1. The number of aromatic carboxylic acids is 2. The average Bonchev–Trinajstić information content (AvgIpc) is 2.78. The van der Waals surface area contributed by atoms with Gasteiger partial charge in [-0.05, 0) is 18.2 Å². The summed E-state index contributed by atoms with van der Waals surface area (Å²) in [5.74, 6) is -3.80. The van der Waals surface area contributed by atoms with Gasteiger partial charge in [-0.2, -0.15) is 0 Å². The zero-order chi connectivity index (χ0) is 13.3. The molecule has 2 aromatic rings. The van der Waals surface area contributed by atoms with E-state index in [2.05, 4.69) is 9.68 Å². The van der Waals surface area contributed by atoms with Crippen molar-refractivity contribution in [3.8, 4) is 11.3 Å². The summed E-state index contributed by atoms with van der Waals surface area (Å²) in [4.78, 5) is 21.6. The van der Waals surface area contributed by atoms with Gasteiger partial charge in [-0.15, -0.1) is 0 Å². The standard InChI is InChI=1S/C11H6FNO5/c12-5-1-2-6(7(3-5)10(14)15)8-4-9(11(16)17)18-13-8/h1-4H,(H,14,15)(H,16,17). The maximum Gasteiger partial charge on any atom is 0.374 e. The molecule has 0 unspecified atom stereocenters. The fourth-order valence-corrected chi connectivity index (χ4v) is 1.42. The van der Waals surface area contributed by atoms with Crippen molar-refractivity contribution in [3.05, 3.63) is 41.4 Å². The Morgan fingerprint density at radius 3 is 2.44 bits per heavy atom. The fourth-order valence-electron chi connectivity index (χ4n) is 1.42. The van der Waals surface area contributed by atoms with E-state index in [4.69, 9.17) is 10.2 Å². The van der Waals surface area contributed by atoms with E-state index in [1.54, 1.807) is 0 Å². The predicted molar refractivity (Wildman–Crippen MR) is 55.8 cm³/mol. The Labute approximate surface area is 99.3 Å². The molecule has 0 amide bonds. The van der Waals surface area contributed by atoms with Crippen LogP contribution in [0, 0.1) is 5.82 Å². The molecule has 0 spiro atoms. The van der Waals surface area contributed by atoms with Crippen molar-refractivity contribution in [1.82, 2.24) is 5.16 Å². The zero-order valence-corrected chi connectivity index (χ0v) is 8.75. The molecule has 6 nitrogen and oxygen atoms in total. The van der Waals surface area contributed by atoms with Crippen LogP contribution in [0.2, 0.25) is 0 Å². The third-order valence-corrected chi connectivity index (χ3v) is 2.21. The van der Waals surface area contributed by atoms with E-state index in [0.717, 1.165) is 18.2 Å². The Balaban J connectivity index is 2.55. The molecule has 0 saturated carbocycles. The van der Waals surface area contributed by atoms with Crippen LogP contribution in [0.25, 0.3) is 11.3 Å². The predicted octanol–water partition coefficient (Wildman–Crippen LogP) is 1.88. The smallest absolute Gasteiger partial charge is 0.374 e. The Kier molecular flexibility index (Phi) is 2.80. The normalized spacial score (nSPS) is 10.3. The highest BCUT2D eigenvalue weighted by Crippen LogP contribution is 2.24. The molecule has 0 aliphatic carbocycles. The van der Waals surface area contributed by atoms with E-state index < -0.39 is 23.5 Å². The summed E-state index contributed by atoms with van der Waals surface area (Å²) >= 11 is 0. The van der Waals surface area contributed by atoms with E-state index in [1.165, 1.54) is 6.07 Å². The molecule has 92 valence electrons. The highest BCUT2D eigenvalue weighted by atomic mass is 19.1. The van der Waals surface area contributed by atoms with Crippen molar-refractivity contribution in [2.75, 3.05) is 0 Å². The Hall–Kier alpha value is -2.70. The van der Waals surface area contributed by atoms with E-state index in [9.17, 15) is 14.0 Å². The van der Waals surface area contributed by atoms with Gasteiger partial charge in [0.2, 0.25) is 5.76 Å². The Morgan fingerprint density at radius 2 is 1.89 bits per heavy atom. The number of hydrogen-bond donors (Lipinski definition) is 2. The van der Waals surface area contributed by atoms with Gasteiger partial charge in [-0.3, -0.25) is 0 Å². The van der Waals surface area contributed by atoms with Crippen LogP contribution in [-0.4, -0.2) is 27.3 Å². The minimum absolute atomic E-state index is 0.0183. The zero-order valence-electron chi connectivity index (χ0n) is 8.75. The van der Waals surface area contributed by atoms with Gasteiger partial charge in [0.25, 0.3) is 0 Å². The highest BCUT2D eigenvalue weighted by molar-refractivity contribution is 5.96. The summed E-state index contributed by atoms with van der Waals surface area (Å²) in [5, 5.41) is 21.0. The molecule has 18 heavy (non-hydrogen) atoms. The molecular weight excluding hydrogens is 245 g/mol. The molecule has 0 radical (unpaired) electrons. The van der Waals surface area contributed by atoms with Crippen molar-refractivity contribution in [2.45, 2.75) is 0 Å². The topological polar surface area (TPSA) is 101 Å². The van der Waals surface area contributed by atoms with Gasteiger partial charge in [-0.25, -0.2) is 14.0 Å². The lowest BCUT2D eigenvalue weighted by Crippen LogP contribution is -2.00. The third-order valence-electron chi connectivity index (χ3n) is 2.21. The molecule has 7 heteroatoms. The first-order valence-electron chi connectivity index (χ1n) is 4.72. The number of carboxylic acids is 2. The molecule has 2 rings (SSSR count). The summed E-state index contributed by atoms with van der Waals surface area (Å²) in [6.45, 7) is 0. The van der Waals surface area contributed by atoms with Gasteiger partial charge in [0, 0.05) is 11.6 Å². The second kappa shape index (κ2) is 4.28. The number of carbonyl (C=O) groups is 2. The van der Waals surface area contributed by atoms with Gasteiger partial charge in [0.05, 0.1) is 5.56 Å². The van der Waals surface area contributed by atoms with Crippen molar-refractivity contribution in [3.63, 3.8) is 0 Å². The van der Waals surface area contributed by atoms with Crippen LogP contribution in [0.15, 0.2) is 28.8 Å². The van der Waals surface area contributed by atoms with E-state index in [-0.39, 0.29) is 16.8 Å². The lowest BCUT2D eigenvalue weighted by atomic mass is 10.0. The second-order valence-electron chi connectivity index (χ2n) is 3.38. The summed E-state index contributed by atoms with van der Waals surface area (Å²) in [7, 11) is 0. The van der Waals surface area contributed by atoms with Gasteiger partial charge < -0.3 is 14.7 Å². The monoisotopic (exact) mass is 251 g/mol. The highest BCUT2D eigenvalue weighted by Gasteiger charge is 2.18. The number of nitrogens with zero attached hydrogens (tertiary/aromatic N) is 1. The van der Waals surface area contributed by atoms with E-state index in [1.807, 2.05) is 0 Å². The van der Waals surface area contributed by atoms with Gasteiger partial charge in [-0.1, -0.05) is 5.16 Å². The molecule has 2 N–H and O–H groups in total. The van der Waals surface area contributed by atoms with E-state index >= 15 is 0 Å². The number of hydrogen-bond acceptors (Lipinski definition) is 4. The van der Waals surface area contributed by atoms with Crippen LogP contribution in [0.1, 0.15) is 20.9 Å². The van der Waals surface area contributed by atoms with Crippen molar-refractivity contribution >= 4 is 11.9 Å². The maximum absolute atomic E-state index is 13.0. The third kappa shape index (κ3) is 2.05. The van der Waals surface area contributed by atoms with Gasteiger partial charge in [0.1, 0.15) is 11.5 Å². The van der Waals surface area contributed by atoms with Crippen molar-refractivity contribution in [2.24, 2.45) is 0 Å². The van der Waals surface area contributed by atoms with Crippen LogP contribution in [0.4, 0.5) is 4.39 Å². The Morgan fingerprint density at radius 1 is 1.17 bits per heavy atom. The second-order valence-corrected chi connectivity index (χ2v) is 3.38. The molecule has 1 aromatic carbocycles. The Bertz CT molecular complexity index is 634. The van der Waals surface area contributed by atoms with Crippen LogP contribution < -0.4 is 0 Å². The maximum atomic E-state index is 13.0. The molecule has 1 heterocycles. The number of aromatic nitrogens is 1. The molecule has 0 bridgehead atoms. The molecule has 0 saturated heterocycles. The molecule has 0 atom stereocenters. The molecule has 1 aromatic heterocycles. The van der Waals surface area contributed by atoms with Crippen molar-refractivity contribution < 1.29 is 28.7 Å². The minimum atomic E-state index is -1.34. The quantitative estimate of drug-likeness (QED) is 0.863. The average molecular weight is 251 g/mol. The molecule has 0 aliphatic rings. The van der Waals surface area contributed by atoms with Crippen LogP contribution in [0.3, 0.4) is 0 Å². The summed E-state index contributed by atoms with van der Waals surface area (Å²) < 4.78 is 17.5. The van der Waals surface area contributed by atoms with Crippen LogP contribution in [0.5, 0.6) is 0 Å². The number of rotatable bonds is 3. The van der Waals surface area contributed by atoms with Gasteiger partial charge >= 0.3 is 11.9 Å². The van der Waals surface area contributed by atoms with Crippen LogP contribution in [-0.2, 0) is 0 Å². The minimum Gasteiger partial charge on any atom is -0.478 e. The summed E-state index contributed by atoms with van der Waals surface area (Å²) in [6, 6.07) is 4.15. The summed E-state index contributed by atoms with van der Waals surface area (Å²) in [6.07, 6.45) is 0. The van der Waals surface area contributed by atoms with E-state index in [0.29, 0.717) is 0 Å². The number of carboxylic acid groups (broad SMARTS) is 2. The first kappa shape index (κ1) is 11.8. The van der Waals surface area contributed by atoms with Crippen LogP contribution >= 0.6 is 0 Å². The molecule has 0 fully saturated rings. The molecule has 0 aliphatic heterocycles. The number of halogens is 1. The van der Waals surface area contributed by atoms with Gasteiger partial charge in [0.15, 0.2) is 0 Å². The SMILES string of the molecule is O=C(O)c1cc(-c2ccc(F)cc2C(=O)O)no1.